The van der Waals surface area contributed by atoms with E-state index in [1.807, 2.05) is 18.2 Å². The number of carbonyl (C=O) groups excluding carboxylic acids is 1. The van der Waals surface area contributed by atoms with Gasteiger partial charge in [0.1, 0.15) is 6.61 Å². The summed E-state index contributed by atoms with van der Waals surface area (Å²) in [5, 5.41) is 9.33. The number of aliphatic hydroxyl groups is 1. The van der Waals surface area contributed by atoms with Gasteiger partial charge in [0.2, 0.25) is 0 Å². The summed E-state index contributed by atoms with van der Waals surface area (Å²) in [6, 6.07) is 5.51. The first kappa shape index (κ1) is 30.6. The number of ether oxygens (including phenoxy) is 3. The van der Waals surface area contributed by atoms with Crippen molar-refractivity contribution in [3.8, 4) is 0 Å². The van der Waals surface area contributed by atoms with Crippen LogP contribution in [0, 0.1) is 6.92 Å². The Bertz CT molecular complexity index is 613. The first-order valence-electron chi connectivity index (χ1n) is 13.5. The fraction of sp³-hybridized carbons (Fsp3) is 0.724. The number of esters is 1. The van der Waals surface area contributed by atoms with Crippen molar-refractivity contribution in [3.05, 3.63) is 41.8 Å². The van der Waals surface area contributed by atoms with Crippen LogP contribution in [-0.2, 0) is 32.2 Å². The summed E-state index contributed by atoms with van der Waals surface area (Å²) < 4.78 is 17.4. The highest BCUT2D eigenvalue weighted by Gasteiger charge is 2.14. The van der Waals surface area contributed by atoms with Crippen molar-refractivity contribution in [2.45, 2.75) is 123 Å². The van der Waals surface area contributed by atoms with Crippen LogP contribution in [0.5, 0.6) is 0 Å². The third-order valence-corrected chi connectivity index (χ3v) is 5.88. The Balaban J connectivity index is 2.36. The van der Waals surface area contributed by atoms with Gasteiger partial charge in [-0.05, 0) is 36.5 Å². The molecular formula is C29H49O5. The second kappa shape index (κ2) is 20.9. The number of unbranched alkanes of at least 4 members (excludes halogenated alkanes) is 10. The summed E-state index contributed by atoms with van der Waals surface area (Å²) in [6.07, 6.45) is 15.0. The van der Waals surface area contributed by atoms with Crippen LogP contribution in [0.2, 0.25) is 0 Å². The number of aliphatic hydroxyl groups excluding tert-OH is 1. The van der Waals surface area contributed by atoms with Crippen LogP contribution < -0.4 is 0 Å². The number of carbonyl (C=O) groups is 1. The maximum absolute atomic E-state index is 12.3. The summed E-state index contributed by atoms with van der Waals surface area (Å²) >= 11 is 0. The molecule has 0 aromatic heterocycles. The van der Waals surface area contributed by atoms with E-state index < -0.39 is 0 Å². The second-order valence-corrected chi connectivity index (χ2v) is 9.22. The Kier molecular flexibility index (Phi) is 18.8. The van der Waals surface area contributed by atoms with Gasteiger partial charge in [-0.15, -0.1) is 0 Å². The average Bonchev–Trinajstić information content (AvgIpc) is 2.83. The lowest BCUT2D eigenvalue weighted by atomic mass is 10.1. The number of hydrogen-bond donors (Lipinski definition) is 1. The largest absolute Gasteiger partial charge is 0.461 e. The van der Waals surface area contributed by atoms with Gasteiger partial charge in [0.05, 0.1) is 13.0 Å². The van der Waals surface area contributed by atoms with Gasteiger partial charge in [0.25, 0.3) is 0 Å². The molecule has 5 nitrogen and oxygen atoms in total. The number of rotatable bonds is 22. The Morgan fingerprint density at radius 3 is 1.91 bits per heavy atom. The fourth-order valence-electron chi connectivity index (χ4n) is 3.89. The van der Waals surface area contributed by atoms with Crippen molar-refractivity contribution in [2.24, 2.45) is 0 Å². The summed E-state index contributed by atoms with van der Waals surface area (Å²) in [6.45, 7) is 9.82. The van der Waals surface area contributed by atoms with Crippen molar-refractivity contribution in [1.29, 1.82) is 0 Å². The van der Waals surface area contributed by atoms with Gasteiger partial charge in [0.15, 0.2) is 6.29 Å². The molecule has 1 N–H and O–H groups in total. The highest BCUT2D eigenvalue weighted by molar-refractivity contribution is 5.69. The zero-order valence-corrected chi connectivity index (χ0v) is 21.8. The molecule has 1 aromatic rings. The monoisotopic (exact) mass is 477 g/mol. The molecule has 0 atom stereocenters. The molecule has 195 valence electrons. The van der Waals surface area contributed by atoms with Crippen LogP contribution in [0.3, 0.4) is 0 Å². The minimum atomic E-state index is -0.358. The predicted molar refractivity (Wildman–Crippen MR) is 138 cm³/mol. The van der Waals surface area contributed by atoms with Crippen LogP contribution in [0.1, 0.15) is 120 Å². The Labute approximate surface area is 208 Å². The van der Waals surface area contributed by atoms with E-state index in [9.17, 15) is 9.90 Å². The van der Waals surface area contributed by atoms with Crippen LogP contribution >= 0.6 is 0 Å². The van der Waals surface area contributed by atoms with Gasteiger partial charge in [-0.2, -0.15) is 0 Å². The Morgan fingerprint density at radius 1 is 0.824 bits per heavy atom. The highest BCUT2D eigenvalue weighted by Crippen LogP contribution is 2.14. The molecule has 1 aromatic carbocycles. The molecule has 1 rings (SSSR count). The van der Waals surface area contributed by atoms with E-state index >= 15 is 0 Å². The molecule has 5 heteroatoms. The van der Waals surface area contributed by atoms with Gasteiger partial charge < -0.3 is 19.3 Å². The molecule has 0 aliphatic carbocycles. The van der Waals surface area contributed by atoms with E-state index in [-0.39, 0.29) is 31.9 Å². The molecule has 0 saturated heterocycles. The smallest absolute Gasteiger partial charge is 0.306 e. The first-order valence-corrected chi connectivity index (χ1v) is 13.5. The zero-order chi connectivity index (χ0) is 24.9. The molecule has 0 amide bonds. The normalized spacial score (nSPS) is 11.3. The van der Waals surface area contributed by atoms with Crippen LogP contribution in [-0.4, -0.2) is 30.6 Å². The van der Waals surface area contributed by atoms with E-state index in [0.717, 1.165) is 29.5 Å². The van der Waals surface area contributed by atoms with Crippen LogP contribution in [0.15, 0.2) is 18.2 Å². The quantitative estimate of drug-likeness (QED) is 0.108. The molecular weight excluding hydrogens is 428 g/mol. The lowest BCUT2D eigenvalue weighted by Crippen LogP contribution is -2.21. The summed E-state index contributed by atoms with van der Waals surface area (Å²) in [5.74, 6) is -0.267. The molecule has 34 heavy (non-hydrogen) atoms. The highest BCUT2D eigenvalue weighted by atomic mass is 16.7. The predicted octanol–water partition coefficient (Wildman–Crippen LogP) is 7.26. The third kappa shape index (κ3) is 16.2. The fourth-order valence-corrected chi connectivity index (χ4v) is 3.89. The maximum Gasteiger partial charge on any atom is 0.306 e. The summed E-state index contributed by atoms with van der Waals surface area (Å²) in [4.78, 5) is 12.3. The van der Waals surface area contributed by atoms with Crippen LogP contribution in [0.25, 0.3) is 0 Å². The SMILES string of the molecule is [CH2]c1cc(CO)cc(COC(=O)CCC(OCCCCCCCC)OCCCCCCCC)c1. The average molecular weight is 478 g/mol. The van der Waals surface area contributed by atoms with Crippen molar-refractivity contribution >= 4 is 5.97 Å². The molecule has 0 spiro atoms. The third-order valence-electron chi connectivity index (χ3n) is 5.88. The van der Waals surface area contributed by atoms with Gasteiger partial charge >= 0.3 is 5.97 Å². The molecule has 1 radical (unpaired) electrons. The maximum atomic E-state index is 12.3. The van der Waals surface area contributed by atoms with Crippen molar-refractivity contribution in [3.63, 3.8) is 0 Å². The molecule has 0 aliphatic rings. The molecule has 0 bridgehead atoms. The number of hydrogen-bond acceptors (Lipinski definition) is 5. The zero-order valence-electron chi connectivity index (χ0n) is 21.8. The lowest BCUT2D eigenvalue weighted by molar-refractivity contribution is -0.160. The first-order chi connectivity index (χ1) is 16.6. The van der Waals surface area contributed by atoms with Crippen LogP contribution in [0.4, 0.5) is 0 Å². The number of benzene rings is 1. The van der Waals surface area contributed by atoms with E-state index in [1.165, 1.54) is 64.2 Å². The van der Waals surface area contributed by atoms with Gasteiger partial charge in [-0.1, -0.05) is 96.3 Å². The minimum absolute atomic E-state index is 0.0577. The van der Waals surface area contributed by atoms with Crippen molar-refractivity contribution in [2.75, 3.05) is 13.2 Å². The topological polar surface area (TPSA) is 65.0 Å². The van der Waals surface area contributed by atoms with Gasteiger partial charge in [-0.3, -0.25) is 4.79 Å². The summed E-state index contributed by atoms with van der Waals surface area (Å²) in [7, 11) is 0. The second-order valence-electron chi connectivity index (χ2n) is 9.22. The Morgan fingerprint density at radius 2 is 1.35 bits per heavy atom. The van der Waals surface area contributed by atoms with Gasteiger partial charge in [-0.25, -0.2) is 0 Å². The molecule has 0 heterocycles. The standard InChI is InChI=1S/C29H49O5/c1-4-6-8-10-12-14-18-32-29(33-19-15-13-11-9-7-5-2)17-16-28(31)34-24-27-21-25(3)20-26(22-27)23-30/h20-22,29-30H,3-19,23-24H2,1-2H3. The lowest BCUT2D eigenvalue weighted by Gasteiger charge is -2.18. The summed E-state index contributed by atoms with van der Waals surface area (Å²) in [5.41, 5.74) is 2.40. The van der Waals surface area contributed by atoms with Crippen molar-refractivity contribution < 1.29 is 24.1 Å². The molecule has 0 fully saturated rings. The van der Waals surface area contributed by atoms with E-state index in [2.05, 4.69) is 20.8 Å². The van der Waals surface area contributed by atoms with E-state index in [1.54, 1.807) is 0 Å². The van der Waals surface area contributed by atoms with E-state index in [4.69, 9.17) is 14.2 Å². The minimum Gasteiger partial charge on any atom is -0.461 e. The molecule has 0 aliphatic heterocycles. The van der Waals surface area contributed by atoms with Crippen molar-refractivity contribution in [1.82, 2.24) is 0 Å². The Hall–Kier alpha value is -1.43. The molecule has 0 unspecified atom stereocenters. The molecule has 0 saturated carbocycles. The van der Waals surface area contributed by atoms with Gasteiger partial charge in [0, 0.05) is 19.6 Å². The van der Waals surface area contributed by atoms with E-state index in [0.29, 0.717) is 19.6 Å².